The van der Waals surface area contributed by atoms with Gasteiger partial charge in [0.15, 0.2) is 5.78 Å². The normalized spacial score (nSPS) is 10.7. The molecule has 3 aromatic rings. The maximum absolute atomic E-state index is 12.1. The summed E-state index contributed by atoms with van der Waals surface area (Å²) in [7, 11) is 0. The summed E-state index contributed by atoms with van der Waals surface area (Å²) >= 11 is 5.87. The molecule has 0 aliphatic rings. The number of hydrogen-bond acceptors (Lipinski definition) is 2. The molecule has 0 aliphatic carbocycles. The van der Waals surface area contributed by atoms with E-state index in [0.29, 0.717) is 17.1 Å². The van der Waals surface area contributed by atoms with E-state index in [1.165, 1.54) is 0 Å². The second kappa shape index (κ2) is 7.32. The molecule has 3 rings (SSSR count). The summed E-state index contributed by atoms with van der Waals surface area (Å²) in [6.07, 6.45) is 2.22. The van der Waals surface area contributed by atoms with Crippen LogP contribution in [0.5, 0.6) is 0 Å². The van der Waals surface area contributed by atoms with Crippen molar-refractivity contribution in [1.82, 2.24) is 10.3 Å². The fourth-order valence-electron chi connectivity index (χ4n) is 2.59. The number of carbonyl (C=O) groups excluding carboxylic acids is 2. The van der Waals surface area contributed by atoms with Gasteiger partial charge in [0.05, 0.1) is 0 Å². The zero-order chi connectivity index (χ0) is 16.9. The molecule has 122 valence electrons. The van der Waals surface area contributed by atoms with E-state index < -0.39 is 0 Å². The molecule has 2 aromatic carbocycles. The van der Waals surface area contributed by atoms with Crippen molar-refractivity contribution in [2.45, 2.75) is 19.4 Å². The van der Waals surface area contributed by atoms with Crippen LogP contribution in [-0.4, -0.2) is 16.7 Å². The number of benzene rings is 2. The monoisotopic (exact) mass is 340 g/mol. The van der Waals surface area contributed by atoms with Crippen molar-refractivity contribution in [3.63, 3.8) is 0 Å². The quantitative estimate of drug-likeness (QED) is 0.663. The Kier molecular flexibility index (Phi) is 4.96. The fourth-order valence-corrected chi connectivity index (χ4v) is 2.78. The lowest BCUT2D eigenvalue weighted by molar-refractivity contribution is -0.121. The van der Waals surface area contributed by atoms with Crippen molar-refractivity contribution in [1.29, 1.82) is 0 Å². The topological polar surface area (TPSA) is 62.0 Å². The van der Waals surface area contributed by atoms with Crippen molar-refractivity contribution >= 4 is 34.2 Å². The summed E-state index contributed by atoms with van der Waals surface area (Å²) in [6.45, 7) is 0.439. The van der Waals surface area contributed by atoms with Crippen LogP contribution in [0.4, 0.5) is 0 Å². The van der Waals surface area contributed by atoms with E-state index in [2.05, 4.69) is 10.3 Å². The summed E-state index contributed by atoms with van der Waals surface area (Å²) in [5.74, 6) is -0.226. The number of carbonyl (C=O) groups is 2. The number of fused-ring (bicyclic) bond motifs is 1. The van der Waals surface area contributed by atoms with Gasteiger partial charge in [-0.3, -0.25) is 9.59 Å². The highest BCUT2D eigenvalue weighted by molar-refractivity contribution is 6.31. The Hall–Kier alpha value is -2.59. The van der Waals surface area contributed by atoms with Gasteiger partial charge in [0.1, 0.15) is 0 Å². The molecule has 1 amide bonds. The molecule has 0 saturated heterocycles. The number of aromatic amines is 1. The van der Waals surface area contributed by atoms with E-state index in [1.807, 2.05) is 30.5 Å². The standard InChI is InChI=1S/C19H17ClN2O2/c20-15-5-3-4-13(10-15)18(23)8-9-19(24)22-12-14-11-21-17-7-2-1-6-16(14)17/h1-7,10-11,21H,8-9,12H2,(H,22,24). The molecule has 0 aliphatic heterocycles. The van der Waals surface area contributed by atoms with Crippen molar-refractivity contribution in [2.24, 2.45) is 0 Å². The summed E-state index contributed by atoms with van der Waals surface area (Å²) in [6, 6.07) is 14.7. The second-order valence-corrected chi connectivity index (χ2v) is 6.01. The molecule has 4 nitrogen and oxygen atoms in total. The third kappa shape index (κ3) is 3.84. The smallest absolute Gasteiger partial charge is 0.220 e. The average Bonchev–Trinajstić information content (AvgIpc) is 3.01. The van der Waals surface area contributed by atoms with Gasteiger partial charge < -0.3 is 10.3 Å². The number of H-pyrrole nitrogens is 1. The lowest BCUT2D eigenvalue weighted by Gasteiger charge is -2.05. The number of para-hydroxylation sites is 1. The van der Waals surface area contributed by atoms with Crippen molar-refractivity contribution in [3.05, 3.63) is 70.9 Å². The molecular formula is C19H17ClN2O2. The van der Waals surface area contributed by atoms with E-state index in [-0.39, 0.29) is 24.5 Å². The Bertz CT molecular complexity index is 886. The van der Waals surface area contributed by atoms with E-state index >= 15 is 0 Å². The van der Waals surface area contributed by atoms with Crippen LogP contribution < -0.4 is 5.32 Å². The molecule has 0 bridgehead atoms. The Labute approximate surface area is 144 Å². The van der Waals surface area contributed by atoms with Gasteiger partial charge in [0.2, 0.25) is 5.91 Å². The molecule has 0 saturated carbocycles. The van der Waals surface area contributed by atoms with E-state index in [0.717, 1.165) is 16.5 Å². The number of amides is 1. The largest absolute Gasteiger partial charge is 0.361 e. The SMILES string of the molecule is O=C(CCC(=O)c1cccc(Cl)c1)NCc1c[nH]c2ccccc12. The molecular weight excluding hydrogens is 324 g/mol. The van der Waals surface area contributed by atoms with Crippen LogP contribution in [0.3, 0.4) is 0 Å². The minimum atomic E-state index is -0.143. The van der Waals surface area contributed by atoms with Gasteiger partial charge in [0, 0.05) is 47.1 Å². The molecule has 0 fully saturated rings. The van der Waals surface area contributed by atoms with Gasteiger partial charge >= 0.3 is 0 Å². The number of nitrogens with one attached hydrogen (secondary N) is 2. The Balaban J connectivity index is 1.52. The number of aromatic nitrogens is 1. The van der Waals surface area contributed by atoms with Gasteiger partial charge in [0.25, 0.3) is 0 Å². The van der Waals surface area contributed by atoms with Crippen molar-refractivity contribution < 1.29 is 9.59 Å². The van der Waals surface area contributed by atoms with Crippen LogP contribution in [0, 0.1) is 0 Å². The van der Waals surface area contributed by atoms with Crippen LogP contribution >= 0.6 is 11.6 Å². The molecule has 1 aromatic heterocycles. The third-order valence-corrected chi connectivity index (χ3v) is 4.11. The fraction of sp³-hybridized carbons (Fsp3) is 0.158. The summed E-state index contributed by atoms with van der Waals surface area (Å²) in [5, 5.41) is 4.47. The minimum absolute atomic E-state index is 0.0836. The van der Waals surface area contributed by atoms with Gasteiger partial charge in [-0.05, 0) is 23.8 Å². The number of halogens is 1. The third-order valence-electron chi connectivity index (χ3n) is 3.88. The van der Waals surface area contributed by atoms with Crippen molar-refractivity contribution in [3.8, 4) is 0 Å². The maximum Gasteiger partial charge on any atom is 0.220 e. The number of hydrogen-bond donors (Lipinski definition) is 2. The lowest BCUT2D eigenvalue weighted by Crippen LogP contribution is -2.23. The van der Waals surface area contributed by atoms with Crippen LogP contribution in [0.1, 0.15) is 28.8 Å². The Morgan fingerprint density at radius 1 is 1.04 bits per heavy atom. The maximum atomic E-state index is 12.1. The molecule has 1 heterocycles. The van der Waals surface area contributed by atoms with Crippen LogP contribution in [-0.2, 0) is 11.3 Å². The van der Waals surface area contributed by atoms with Gasteiger partial charge in [-0.25, -0.2) is 0 Å². The summed E-state index contributed by atoms with van der Waals surface area (Å²) in [4.78, 5) is 27.2. The first-order valence-corrected chi connectivity index (χ1v) is 8.12. The van der Waals surface area contributed by atoms with Gasteiger partial charge in [-0.2, -0.15) is 0 Å². The Morgan fingerprint density at radius 3 is 2.71 bits per heavy atom. The van der Waals surface area contributed by atoms with Crippen molar-refractivity contribution in [2.75, 3.05) is 0 Å². The zero-order valence-corrected chi connectivity index (χ0v) is 13.8. The number of Topliss-reactive ketones (excluding diaryl/α,β-unsaturated/α-hetero) is 1. The first-order valence-electron chi connectivity index (χ1n) is 7.74. The van der Waals surface area contributed by atoms with E-state index in [4.69, 9.17) is 11.6 Å². The molecule has 5 heteroatoms. The summed E-state index contributed by atoms with van der Waals surface area (Å²) in [5.41, 5.74) is 2.60. The molecule has 0 spiro atoms. The highest BCUT2D eigenvalue weighted by atomic mass is 35.5. The van der Waals surface area contributed by atoms with E-state index in [9.17, 15) is 9.59 Å². The average molecular weight is 341 g/mol. The molecule has 0 atom stereocenters. The zero-order valence-electron chi connectivity index (χ0n) is 13.0. The lowest BCUT2D eigenvalue weighted by atomic mass is 10.1. The van der Waals surface area contributed by atoms with E-state index in [1.54, 1.807) is 24.3 Å². The highest BCUT2D eigenvalue weighted by Gasteiger charge is 2.10. The molecule has 24 heavy (non-hydrogen) atoms. The van der Waals surface area contributed by atoms with Crippen LogP contribution in [0.2, 0.25) is 5.02 Å². The first-order chi connectivity index (χ1) is 11.6. The van der Waals surface area contributed by atoms with Crippen LogP contribution in [0.15, 0.2) is 54.7 Å². The Morgan fingerprint density at radius 2 is 1.88 bits per heavy atom. The minimum Gasteiger partial charge on any atom is -0.361 e. The molecule has 0 radical (unpaired) electrons. The van der Waals surface area contributed by atoms with Gasteiger partial charge in [-0.15, -0.1) is 0 Å². The number of ketones is 1. The molecule has 2 N–H and O–H groups in total. The number of rotatable bonds is 6. The first kappa shape index (κ1) is 16.3. The van der Waals surface area contributed by atoms with Crippen LogP contribution in [0.25, 0.3) is 10.9 Å². The predicted octanol–water partition coefficient (Wildman–Crippen LogP) is 4.10. The summed E-state index contributed by atoms with van der Waals surface area (Å²) < 4.78 is 0. The predicted molar refractivity (Wildman–Crippen MR) is 95.2 cm³/mol. The molecule has 0 unspecified atom stereocenters. The second-order valence-electron chi connectivity index (χ2n) is 5.57. The highest BCUT2D eigenvalue weighted by Crippen LogP contribution is 2.17. The van der Waals surface area contributed by atoms with Gasteiger partial charge in [-0.1, -0.05) is 41.9 Å².